The van der Waals surface area contributed by atoms with Gasteiger partial charge in [-0.1, -0.05) is 11.6 Å². The highest BCUT2D eigenvalue weighted by molar-refractivity contribution is 6.32. The van der Waals surface area contributed by atoms with Gasteiger partial charge in [-0.25, -0.2) is 0 Å². The molecule has 2 rings (SSSR count). The Bertz CT molecular complexity index is 626. The first-order valence-electron chi connectivity index (χ1n) is 7.34. The molecule has 124 valence electrons. The average Bonchev–Trinajstić information content (AvgIpc) is 2.54. The molecule has 0 N–H and O–H groups in total. The van der Waals surface area contributed by atoms with Crippen molar-refractivity contribution in [3.8, 4) is 0 Å². The Labute approximate surface area is 138 Å². The van der Waals surface area contributed by atoms with Crippen LogP contribution in [-0.4, -0.2) is 41.4 Å². The first-order valence-corrected chi connectivity index (χ1v) is 7.71. The number of hydrogen-bond donors (Lipinski definition) is 0. The van der Waals surface area contributed by atoms with Crippen molar-refractivity contribution in [1.82, 2.24) is 4.90 Å². The van der Waals surface area contributed by atoms with Crippen LogP contribution in [-0.2, 0) is 9.53 Å². The number of benzene rings is 1. The Morgan fingerprint density at radius 3 is 2.61 bits per heavy atom. The van der Waals surface area contributed by atoms with Crippen LogP contribution < -0.4 is 0 Å². The third-order valence-electron chi connectivity index (χ3n) is 3.79. The number of nitro groups is 1. The quantitative estimate of drug-likeness (QED) is 0.477. The standard InChI is InChI=1S/C15H17ClN2O5/c1-2-23-15(20)10-5-7-17(8-6-10)14(19)11-3-4-12(16)13(9-11)18(21)22/h3-4,9-10H,2,5-8H2,1H3. The molecule has 7 nitrogen and oxygen atoms in total. The lowest BCUT2D eigenvalue weighted by Gasteiger charge is -2.30. The molecule has 1 aliphatic heterocycles. The van der Waals surface area contributed by atoms with Gasteiger partial charge in [0.15, 0.2) is 0 Å². The van der Waals surface area contributed by atoms with Crippen LogP contribution in [0.2, 0.25) is 5.02 Å². The van der Waals surface area contributed by atoms with E-state index in [2.05, 4.69) is 0 Å². The number of halogens is 1. The molecular formula is C15H17ClN2O5. The van der Waals surface area contributed by atoms with Gasteiger partial charge in [-0.3, -0.25) is 19.7 Å². The highest BCUT2D eigenvalue weighted by Crippen LogP contribution is 2.27. The van der Waals surface area contributed by atoms with E-state index < -0.39 is 4.92 Å². The van der Waals surface area contributed by atoms with E-state index >= 15 is 0 Å². The number of piperidine rings is 1. The molecule has 0 atom stereocenters. The minimum Gasteiger partial charge on any atom is -0.466 e. The largest absolute Gasteiger partial charge is 0.466 e. The zero-order chi connectivity index (χ0) is 17.0. The predicted octanol–water partition coefficient (Wildman–Crippen LogP) is 2.66. The third kappa shape index (κ3) is 3.98. The molecule has 1 aromatic rings. The summed E-state index contributed by atoms with van der Waals surface area (Å²) in [5.74, 6) is -0.729. The highest BCUT2D eigenvalue weighted by Gasteiger charge is 2.29. The molecule has 0 radical (unpaired) electrons. The summed E-state index contributed by atoms with van der Waals surface area (Å²) in [4.78, 5) is 36.0. The van der Waals surface area contributed by atoms with Crippen LogP contribution in [0.3, 0.4) is 0 Å². The number of carbonyl (C=O) groups is 2. The molecular weight excluding hydrogens is 324 g/mol. The number of amides is 1. The molecule has 1 fully saturated rings. The summed E-state index contributed by atoms with van der Waals surface area (Å²) < 4.78 is 4.98. The van der Waals surface area contributed by atoms with E-state index in [1.807, 2.05) is 0 Å². The number of ether oxygens (including phenoxy) is 1. The summed E-state index contributed by atoms with van der Waals surface area (Å²) in [6.07, 6.45) is 1.06. The molecule has 1 saturated heterocycles. The summed E-state index contributed by atoms with van der Waals surface area (Å²) in [5.41, 5.74) is -0.0744. The van der Waals surface area contributed by atoms with Crippen molar-refractivity contribution in [2.75, 3.05) is 19.7 Å². The Balaban J connectivity index is 2.04. The van der Waals surface area contributed by atoms with E-state index in [1.165, 1.54) is 18.2 Å². The van der Waals surface area contributed by atoms with Crippen LogP contribution in [0.1, 0.15) is 30.1 Å². The van der Waals surface area contributed by atoms with Crippen molar-refractivity contribution in [1.29, 1.82) is 0 Å². The summed E-state index contributed by atoms with van der Waals surface area (Å²) in [5, 5.41) is 10.9. The van der Waals surface area contributed by atoms with Gasteiger partial charge >= 0.3 is 5.97 Å². The third-order valence-corrected chi connectivity index (χ3v) is 4.11. The number of rotatable bonds is 4. The maximum Gasteiger partial charge on any atom is 0.309 e. The van der Waals surface area contributed by atoms with Crippen molar-refractivity contribution < 1.29 is 19.2 Å². The fourth-order valence-electron chi connectivity index (χ4n) is 2.55. The monoisotopic (exact) mass is 340 g/mol. The second-order valence-electron chi connectivity index (χ2n) is 5.24. The molecule has 0 spiro atoms. The van der Waals surface area contributed by atoms with Crippen molar-refractivity contribution >= 4 is 29.2 Å². The second-order valence-corrected chi connectivity index (χ2v) is 5.65. The van der Waals surface area contributed by atoms with E-state index in [0.29, 0.717) is 32.5 Å². The minimum absolute atomic E-state index is 0.00688. The van der Waals surface area contributed by atoms with Gasteiger partial charge in [-0.05, 0) is 31.9 Å². The maximum atomic E-state index is 12.4. The van der Waals surface area contributed by atoms with Crippen molar-refractivity contribution in [3.63, 3.8) is 0 Å². The van der Waals surface area contributed by atoms with E-state index in [-0.39, 0.29) is 34.1 Å². The lowest BCUT2D eigenvalue weighted by atomic mass is 9.96. The Morgan fingerprint density at radius 1 is 1.39 bits per heavy atom. The number of esters is 1. The molecule has 1 aliphatic rings. The number of hydrogen-bond acceptors (Lipinski definition) is 5. The van der Waals surface area contributed by atoms with Gasteiger partial charge in [0, 0.05) is 24.7 Å². The number of likely N-dealkylation sites (tertiary alicyclic amines) is 1. The number of nitro benzene ring substituents is 1. The smallest absolute Gasteiger partial charge is 0.309 e. The number of carbonyl (C=O) groups excluding carboxylic acids is 2. The molecule has 1 heterocycles. The molecule has 0 saturated carbocycles. The highest BCUT2D eigenvalue weighted by atomic mass is 35.5. The molecule has 1 amide bonds. The summed E-state index contributed by atoms with van der Waals surface area (Å²) >= 11 is 5.75. The molecule has 0 aromatic heterocycles. The second kappa shape index (κ2) is 7.41. The van der Waals surface area contributed by atoms with Crippen LogP contribution in [0.15, 0.2) is 18.2 Å². The van der Waals surface area contributed by atoms with Gasteiger partial charge in [0.25, 0.3) is 11.6 Å². The van der Waals surface area contributed by atoms with E-state index in [4.69, 9.17) is 16.3 Å². The molecule has 1 aromatic carbocycles. The summed E-state index contributed by atoms with van der Waals surface area (Å²) in [6.45, 7) is 2.92. The van der Waals surface area contributed by atoms with Gasteiger partial charge in [0.2, 0.25) is 0 Å². The van der Waals surface area contributed by atoms with Gasteiger partial charge in [-0.15, -0.1) is 0 Å². The topological polar surface area (TPSA) is 89.8 Å². The SMILES string of the molecule is CCOC(=O)C1CCN(C(=O)c2ccc(Cl)c([N+](=O)[O-])c2)CC1. The molecule has 0 unspecified atom stereocenters. The van der Waals surface area contributed by atoms with Gasteiger partial charge < -0.3 is 9.64 Å². The van der Waals surface area contributed by atoms with Crippen LogP contribution in [0, 0.1) is 16.0 Å². The van der Waals surface area contributed by atoms with Gasteiger partial charge in [-0.2, -0.15) is 0 Å². The van der Waals surface area contributed by atoms with Crippen LogP contribution in [0.25, 0.3) is 0 Å². The molecule has 8 heteroatoms. The lowest BCUT2D eigenvalue weighted by molar-refractivity contribution is -0.384. The minimum atomic E-state index is -0.619. The predicted molar refractivity (Wildman–Crippen MR) is 83.4 cm³/mol. The Kier molecular flexibility index (Phi) is 5.54. The van der Waals surface area contributed by atoms with E-state index in [9.17, 15) is 19.7 Å². The fraction of sp³-hybridized carbons (Fsp3) is 0.467. The van der Waals surface area contributed by atoms with E-state index in [1.54, 1.807) is 11.8 Å². The normalized spacial score (nSPS) is 15.3. The summed E-state index contributed by atoms with van der Waals surface area (Å²) in [6, 6.07) is 4.00. The van der Waals surface area contributed by atoms with Crippen molar-refractivity contribution in [2.45, 2.75) is 19.8 Å². The van der Waals surface area contributed by atoms with Crippen molar-refractivity contribution in [2.24, 2.45) is 5.92 Å². The van der Waals surface area contributed by atoms with E-state index in [0.717, 1.165) is 0 Å². The van der Waals surface area contributed by atoms with Crippen LogP contribution in [0.4, 0.5) is 5.69 Å². The Morgan fingerprint density at radius 2 is 2.04 bits per heavy atom. The van der Waals surface area contributed by atoms with Crippen LogP contribution in [0.5, 0.6) is 0 Å². The zero-order valence-electron chi connectivity index (χ0n) is 12.7. The molecule has 0 bridgehead atoms. The van der Waals surface area contributed by atoms with Crippen molar-refractivity contribution in [3.05, 3.63) is 38.9 Å². The molecule has 0 aliphatic carbocycles. The number of nitrogens with zero attached hydrogens (tertiary/aromatic N) is 2. The Hall–Kier alpha value is -2.15. The zero-order valence-corrected chi connectivity index (χ0v) is 13.4. The average molecular weight is 341 g/mol. The van der Waals surface area contributed by atoms with Gasteiger partial charge in [0.05, 0.1) is 17.4 Å². The lowest BCUT2D eigenvalue weighted by Crippen LogP contribution is -2.40. The van der Waals surface area contributed by atoms with Gasteiger partial charge in [0.1, 0.15) is 5.02 Å². The summed E-state index contributed by atoms with van der Waals surface area (Å²) in [7, 11) is 0. The fourth-order valence-corrected chi connectivity index (χ4v) is 2.73. The molecule has 23 heavy (non-hydrogen) atoms. The first-order chi connectivity index (χ1) is 10.9. The maximum absolute atomic E-state index is 12.4. The first kappa shape index (κ1) is 17.2. The van der Waals surface area contributed by atoms with Crippen LogP contribution >= 0.6 is 11.6 Å².